The molecule has 0 unspecified atom stereocenters. The molecule has 0 saturated heterocycles. The summed E-state index contributed by atoms with van der Waals surface area (Å²) in [6.45, 7) is 6.34. The van der Waals surface area contributed by atoms with Gasteiger partial charge in [0.2, 0.25) is 0 Å². The Bertz CT molecular complexity index is 349. The quantitative estimate of drug-likeness (QED) is 0.755. The number of ether oxygens (including phenoxy) is 1. The molecule has 3 heteroatoms. The standard InChI is InChI=1S/C15H23NO2/c1-4-18-15(17)14(16-12(2)3)11-10-13-8-6-5-7-9-13/h5-9,12,14,16H,4,10-11H2,1-3H3/t14-/m0/s1. The highest BCUT2D eigenvalue weighted by Gasteiger charge is 2.19. The van der Waals surface area contributed by atoms with Gasteiger partial charge < -0.3 is 10.1 Å². The van der Waals surface area contributed by atoms with Gasteiger partial charge in [0.15, 0.2) is 0 Å². The number of nitrogens with one attached hydrogen (secondary N) is 1. The van der Waals surface area contributed by atoms with Gasteiger partial charge in [-0.25, -0.2) is 0 Å². The maximum absolute atomic E-state index is 11.8. The van der Waals surface area contributed by atoms with Crippen LogP contribution in [0.5, 0.6) is 0 Å². The molecule has 0 aliphatic rings. The van der Waals surface area contributed by atoms with E-state index in [0.717, 1.165) is 12.8 Å². The summed E-state index contributed by atoms with van der Waals surface area (Å²) in [5, 5.41) is 3.26. The number of carbonyl (C=O) groups excluding carboxylic acids is 1. The van der Waals surface area contributed by atoms with E-state index in [1.165, 1.54) is 5.56 Å². The predicted octanol–water partition coefficient (Wildman–Crippen LogP) is 2.55. The highest BCUT2D eigenvalue weighted by atomic mass is 16.5. The van der Waals surface area contributed by atoms with Crippen molar-refractivity contribution in [3.8, 4) is 0 Å². The van der Waals surface area contributed by atoms with Crippen molar-refractivity contribution in [1.29, 1.82) is 0 Å². The third-order valence-electron chi connectivity index (χ3n) is 2.67. The molecule has 0 amide bonds. The van der Waals surface area contributed by atoms with Crippen LogP contribution in [0.3, 0.4) is 0 Å². The molecule has 1 aromatic rings. The fourth-order valence-corrected chi connectivity index (χ4v) is 1.87. The van der Waals surface area contributed by atoms with Gasteiger partial charge in [-0.05, 0) is 25.3 Å². The van der Waals surface area contributed by atoms with Gasteiger partial charge >= 0.3 is 5.97 Å². The van der Waals surface area contributed by atoms with Crippen LogP contribution in [0.25, 0.3) is 0 Å². The van der Waals surface area contributed by atoms with E-state index in [-0.39, 0.29) is 18.1 Å². The molecule has 0 spiro atoms. The number of aryl methyl sites for hydroxylation is 1. The van der Waals surface area contributed by atoms with E-state index in [1.54, 1.807) is 0 Å². The number of benzene rings is 1. The van der Waals surface area contributed by atoms with E-state index in [9.17, 15) is 4.79 Å². The van der Waals surface area contributed by atoms with Crippen LogP contribution in [-0.4, -0.2) is 24.7 Å². The second-order valence-corrected chi connectivity index (χ2v) is 4.65. The molecule has 0 saturated carbocycles. The van der Waals surface area contributed by atoms with Crippen LogP contribution in [0.1, 0.15) is 32.8 Å². The fourth-order valence-electron chi connectivity index (χ4n) is 1.87. The molecule has 1 rings (SSSR count). The molecule has 0 aromatic heterocycles. The van der Waals surface area contributed by atoms with E-state index in [4.69, 9.17) is 4.74 Å². The maximum Gasteiger partial charge on any atom is 0.323 e. The molecule has 0 bridgehead atoms. The Labute approximate surface area is 110 Å². The number of esters is 1. The van der Waals surface area contributed by atoms with Crippen molar-refractivity contribution < 1.29 is 9.53 Å². The lowest BCUT2D eigenvalue weighted by molar-refractivity contribution is -0.146. The number of hydrogen-bond donors (Lipinski definition) is 1. The molecule has 1 aromatic carbocycles. The van der Waals surface area contributed by atoms with Crippen molar-refractivity contribution in [3.63, 3.8) is 0 Å². The van der Waals surface area contributed by atoms with Crippen LogP contribution in [0.15, 0.2) is 30.3 Å². The lowest BCUT2D eigenvalue weighted by Gasteiger charge is -2.19. The third kappa shape index (κ3) is 5.32. The number of hydrogen-bond acceptors (Lipinski definition) is 3. The van der Waals surface area contributed by atoms with Crippen molar-refractivity contribution in [3.05, 3.63) is 35.9 Å². The first-order chi connectivity index (χ1) is 8.63. The maximum atomic E-state index is 11.8. The van der Waals surface area contributed by atoms with Gasteiger partial charge in [-0.1, -0.05) is 44.2 Å². The molecule has 1 N–H and O–H groups in total. The summed E-state index contributed by atoms with van der Waals surface area (Å²) in [6.07, 6.45) is 1.64. The lowest BCUT2D eigenvalue weighted by atomic mass is 10.0. The van der Waals surface area contributed by atoms with E-state index in [2.05, 4.69) is 17.4 Å². The summed E-state index contributed by atoms with van der Waals surface area (Å²) in [7, 11) is 0. The smallest absolute Gasteiger partial charge is 0.323 e. The number of carbonyl (C=O) groups is 1. The SMILES string of the molecule is CCOC(=O)[C@H](CCc1ccccc1)NC(C)C. The molecule has 0 fully saturated rings. The summed E-state index contributed by atoms with van der Waals surface area (Å²) >= 11 is 0. The predicted molar refractivity (Wildman–Crippen MR) is 73.5 cm³/mol. The van der Waals surface area contributed by atoms with Crippen molar-refractivity contribution in [2.24, 2.45) is 0 Å². The van der Waals surface area contributed by atoms with Gasteiger partial charge in [0.05, 0.1) is 6.61 Å². The Morgan fingerprint density at radius 2 is 1.94 bits per heavy atom. The second kappa shape index (κ2) is 7.88. The van der Waals surface area contributed by atoms with Crippen LogP contribution in [-0.2, 0) is 16.0 Å². The van der Waals surface area contributed by atoms with Gasteiger partial charge in [-0.2, -0.15) is 0 Å². The Balaban J connectivity index is 2.53. The fraction of sp³-hybridized carbons (Fsp3) is 0.533. The Kier molecular flexibility index (Phi) is 6.44. The van der Waals surface area contributed by atoms with E-state index in [0.29, 0.717) is 6.61 Å². The zero-order valence-corrected chi connectivity index (χ0v) is 11.5. The van der Waals surface area contributed by atoms with Crippen LogP contribution < -0.4 is 5.32 Å². The molecule has 100 valence electrons. The van der Waals surface area contributed by atoms with Crippen molar-refractivity contribution in [2.75, 3.05) is 6.61 Å². The average Bonchev–Trinajstić information content (AvgIpc) is 2.35. The van der Waals surface area contributed by atoms with Gasteiger partial charge in [0.25, 0.3) is 0 Å². The second-order valence-electron chi connectivity index (χ2n) is 4.65. The van der Waals surface area contributed by atoms with E-state index >= 15 is 0 Å². The monoisotopic (exact) mass is 249 g/mol. The summed E-state index contributed by atoms with van der Waals surface area (Å²) < 4.78 is 5.09. The van der Waals surface area contributed by atoms with Crippen LogP contribution in [0, 0.1) is 0 Å². The van der Waals surface area contributed by atoms with E-state index < -0.39 is 0 Å². The van der Waals surface area contributed by atoms with Gasteiger partial charge in [-0.15, -0.1) is 0 Å². The van der Waals surface area contributed by atoms with Gasteiger partial charge in [0.1, 0.15) is 6.04 Å². The highest BCUT2D eigenvalue weighted by Crippen LogP contribution is 2.07. The summed E-state index contributed by atoms with van der Waals surface area (Å²) in [5.74, 6) is -0.151. The lowest BCUT2D eigenvalue weighted by Crippen LogP contribution is -2.42. The van der Waals surface area contributed by atoms with E-state index in [1.807, 2.05) is 39.0 Å². The first-order valence-electron chi connectivity index (χ1n) is 6.60. The normalized spacial score (nSPS) is 12.4. The minimum atomic E-state index is -0.217. The molecule has 0 heterocycles. The Morgan fingerprint density at radius 1 is 1.28 bits per heavy atom. The zero-order chi connectivity index (χ0) is 13.4. The molecular weight excluding hydrogens is 226 g/mol. The number of rotatable bonds is 7. The first-order valence-corrected chi connectivity index (χ1v) is 6.60. The molecule has 0 radical (unpaired) electrons. The Hall–Kier alpha value is -1.35. The molecule has 18 heavy (non-hydrogen) atoms. The minimum Gasteiger partial charge on any atom is -0.465 e. The van der Waals surface area contributed by atoms with Crippen LogP contribution in [0.2, 0.25) is 0 Å². The first kappa shape index (κ1) is 14.7. The van der Waals surface area contributed by atoms with Crippen molar-refractivity contribution in [1.82, 2.24) is 5.32 Å². The van der Waals surface area contributed by atoms with Crippen molar-refractivity contribution in [2.45, 2.75) is 45.7 Å². The summed E-state index contributed by atoms with van der Waals surface area (Å²) in [4.78, 5) is 11.8. The van der Waals surface area contributed by atoms with Crippen LogP contribution in [0.4, 0.5) is 0 Å². The molecule has 0 aliphatic heterocycles. The zero-order valence-electron chi connectivity index (χ0n) is 11.5. The summed E-state index contributed by atoms with van der Waals surface area (Å²) in [5.41, 5.74) is 1.25. The minimum absolute atomic E-state index is 0.151. The van der Waals surface area contributed by atoms with Crippen molar-refractivity contribution >= 4 is 5.97 Å². The molecule has 1 atom stereocenters. The highest BCUT2D eigenvalue weighted by molar-refractivity contribution is 5.75. The average molecular weight is 249 g/mol. The topological polar surface area (TPSA) is 38.3 Å². The third-order valence-corrected chi connectivity index (χ3v) is 2.67. The molecular formula is C15H23NO2. The largest absolute Gasteiger partial charge is 0.465 e. The van der Waals surface area contributed by atoms with Gasteiger partial charge in [-0.3, -0.25) is 4.79 Å². The van der Waals surface area contributed by atoms with Crippen LogP contribution >= 0.6 is 0 Å². The molecule has 3 nitrogen and oxygen atoms in total. The van der Waals surface area contributed by atoms with Gasteiger partial charge in [0, 0.05) is 6.04 Å². The summed E-state index contributed by atoms with van der Waals surface area (Å²) in [6, 6.07) is 10.3. The molecule has 0 aliphatic carbocycles. The Morgan fingerprint density at radius 3 is 2.50 bits per heavy atom.